The predicted octanol–water partition coefficient (Wildman–Crippen LogP) is 3.89. The summed E-state index contributed by atoms with van der Waals surface area (Å²) < 4.78 is 19.2. The van der Waals surface area contributed by atoms with Crippen LogP contribution < -0.4 is 0 Å². The molecule has 128 valence electrons. The summed E-state index contributed by atoms with van der Waals surface area (Å²) in [6.07, 6.45) is 0. The summed E-state index contributed by atoms with van der Waals surface area (Å²) in [5.74, 6) is -1.15. The first-order chi connectivity index (χ1) is 10.7. The van der Waals surface area contributed by atoms with E-state index in [9.17, 15) is 14.0 Å². The van der Waals surface area contributed by atoms with E-state index in [1.54, 1.807) is 4.90 Å². The maximum atomic E-state index is 13.6. The number of esters is 1. The first-order valence-electron chi connectivity index (χ1n) is 7.60. The zero-order valence-electron chi connectivity index (χ0n) is 13.9. The van der Waals surface area contributed by atoms with Gasteiger partial charge in [-0.25, -0.2) is 9.18 Å². The fraction of sp³-hybridized carbons (Fsp3) is 0.529. The molecule has 0 aromatic heterocycles. The summed E-state index contributed by atoms with van der Waals surface area (Å²) in [7, 11) is 0. The summed E-state index contributed by atoms with van der Waals surface area (Å²) in [6.45, 7) is 8.88. The van der Waals surface area contributed by atoms with Crippen molar-refractivity contribution in [3.05, 3.63) is 34.1 Å². The van der Waals surface area contributed by atoms with Crippen molar-refractivity contribution in [1.29, 1.82) is 0 Å². The molecule has 1 aromatic carbocycles. The largest absolute Gasteiger partial charge is 0.452 e. The Hall–Kier alpha value is -1.43. The van der Waals surface area contributed by atoms with Crippen LogP contribution in [0.1, 0.15) is 38.1 Å². The molecule has 0 saturated heterocycles. The molecule has 0 radical (unpaired) electrons. The van der Waals surface area contributed by atoms with Crippen molar-refractivity contribution in [2.24, 2.45) is 11.8 Å². The minimum atomic E-state index is -0.841. The van der Waals surface area contributed by atoms with E-state index in [1.165, 1.54) is 18.2 Å². The highest BCUT2D eigenvalue weighted by molar-refractivity contribution is 9.10. The smallest absolute Gasteiger partial charge is 0.341 e. The second-order valence-corrected chi connectivity index (χ2v) is 7.20. The van der Waals surface area contributed by atoms with Crippen molar-refractivity contribution >= 4 is 27.8 Å². The van der Waals surface area contributed by atoms with Crippen LogP contribution in [0.15, 0.2) is 22.7 Å². The lowest BCUT2D eigenvalue weighted by molar-refractivity contribution is -0.135. The number of carbonyl (C=O) groups is 2. The van der Waals surface area contributed by atoms with Crippen LogP contribution in [0.3, 0.4) is 0 Å². The van der Waals surface area contributed by atoms with Gasteiger partial charge >= 0.3 is 5.97 Å². The molecular weight excluding hydrogens is 365 g/mol. The van der Waals surface area contributed by atoms with Crippen molar-refractivity contribution in [2.45, 2.75) is 27.7 Å². The number of hydrogen-bond acceptors (Lipinski definition) is 3. The lowest BCUT2D eigenvalue weighted by Gasteiger charge is -2.26. The molecule has 0 spiro atoms. The second-order valence-electron chi connectivity index (χ2n) is 6.29. The number of benzene rings is 1. The number of halogens is 2. The average Bonchev–Trinajstić information content (AvgIpc) is 2.45. The Morgan fingerprint density at radius 1 is 1.17 bits per heavy atom. The minimum absolute atomic E-state index is 0.188. The maximum Gasteiger partial charge on any atom is 0.341 e. The Morgan fingerprint density at radius 3 is 2.26 bits per heavy atom. The van der Waals surface area contributed by atoms with Gasteiger partial charge in [0.15, 0.2) is 6.61 Å². The summed E-state index contributed by atoms with van der Waals surface area (Å²) in [4.78, 5) is 25.9. The van der Waals surface area contributed by atoms with E-state index in [1.807, 2.05) is 27.7 Å². The van der Waals surface area contributed by atoms with Gasteiger partial charge in [0.1, 0.15) is 5.82 Å². The molecule has 0 saturated carbocycles. The van der Waals surface area contributed by atoms with Gasteiger partial charge < -0.3 is 9.64 Å². The van der Waals surface area contributed by atoms with Gasteiger partial charge in [-0.2, -0.15) is 0 Å². The standard InChI is InChI=1S/C17H23BrFNO3/c1-11(2)8-20(9-12(3)4)16(21)10-23-17(22)14-7-13(18)5-6-15(14)19/h5-7,11-12H,8-10H2,1-4H3. The monoisotopic (exact) mass is 387 g/mol. The molecule has 0 N–H and O–H groups in total. The van der Waals surface area contributed by atoms with Crippen molar-refractivity contribution in [3.63, 3.8) is 0 Å². The molecule has 1 aromatic rings. The molecule has 4 nitrogen and oxygen atoms in total. The highest BCUT2D eigenvalue weighted by Crippen LogP contribution is 2.16. The fourth-order valence-corrected chi connectivity index (χ4v) is 2.47. The molecule has 0 aliphatic rings. The van der Waals surface area contributed by atoms with E-state index in [0.717, 1.165) is 0 Å². The van der Waals surface area contributed by atoms with E-state index >= 15 is 0 Å². The van der Waals surface area contributed by atoms with Crippen LogP contribution in [-0.4, -0.2) is 36.5 Å². The maximum absolute atomic E-state index is 13.6. The van der Waals surface area contributed by atoms with Gasteiger partial charge in [0.25, 0.3) is 5.91 Å². The van der Waals surface area contributed by atoms with Gasteiger partial charge in [0.05, 0.1) is 5.56 Å². The molecule has 0 heterocycles. The van der Waals surface area contributed by atoms with Crippen LogP contribution in [-0.2, 0) is 9.53 Å². The molecule has 1 amide bonds. The van der Waals surface area contributed by atoms with Crippen LogP contribution in [0.4, 0.5) is 4.39 Å². The van der Waals surface area contributed by atoms with E-state index < -0.39 is 11.8 Å². The molecule has 23 heavy (non-hydrogen) atoms. The molecular formula is C17H23BrFNO3. The van der Waals surface area contributed by atoms with Crippen LogP contribution in [0.5, 0.6) is 0 Å². The number of ether oxygens (including phenoxy) is 1. The van der Waals surface area contributed by atoms with Gasteiger partial charge in [-0.1, -0.05) is 43.6 Å². The molecule has 0 atom stereocenters. The molecule has 0 aliphatic heterocycles. The average molecular weight is 388 g/mol. The zero-order valence-corrected chi connectivity index (χ0v) is 15.5. The molecule has 0 aliphatic carbocycles. The Morgan fingerprint density at radius 2 is 1.74 bits per heavy atom. The van der Waals surface area contributed by atoms with Gasteiger partial charge in [0.2, 0.25) is 0 Å². The van der Waals surface area contributed by atoms with Crippen LogP contribution in [0, 0.1) is 17.7 Å². The van der Waals surface area contributed by atoms with Crippen molar-refractivity contribution < 1.29 is 18.7 Å². The Kier molecular flexibility index (Phi) is 7.68. The fourth-order valence-electron chi connectivity index (χ4n) is 2.11. The quantitative estimate of drug-likeness (QED) is 0.666. The lowest BCUT2D eigenvalue weighted by Crippen LogP contribution is -2.39. The summed E-state index contributed by atoms with van der Waals surface area (Å²) in [5, 5.41) is 0. The SMILES string of the molecule is CC(C)CN(CC(C)C)C(=O)COC(=O)c1cc(Br)ccc1F. The predicted molar refractivity (Wildman–Crippen MR) is 90.6 cm³/mol. The van der Waals surface area contributed by atoms with Gasteiger partial charge in [-0.3, -0.25) is 4.79 Å². The van der Waals surface area contributed by atoms with Crippen molar-refractivity contribution in [2.75, 3.05) is 19.7 Å². The van der Waals surface area contributed by atoms with Crippen molar-refractivity contribution in [3.8, 4) is 0 Å². The van der Waals surface area contributed by atoms with Crippen LogP contribution in [0.25, 0.3) is 0 Å². The Bertz CT molecular complexity index is 551. The number of carbonyl (C=O) groups excluding carboxylic acids is 2. The Labute approximate surface area is 145 Å². The zero-order chi connectivity index (χ0) is 17.6. The highest BCUT2D eigenvalue weighted by Gasteiger charge is 2.20. The van der Waals surface area contributed by atoms with E-state index in [2.05, 4.69) is 15.9 Å². The van der Waals surface area contributed by atoms with Crippen LogP contribution in [0.2, 0.25) is 0 Å². The molecule has 0 unspecified atom stereocenters. The van der Waals surface area contributed by atoms with E-state index in [-0.39, 0.29) is 18.1 Å². The first-order valence-corrected chi connectivity index (χ1v) is 8.40. The number of nitrogens with zero attached hydrogens (tertiary/aromatic N) is 1. The van der Waals surface area contributed by atoms with Crippen molar-refractivity contribution in [1.82, 2.24) is 4.90 Å². The first kappa shape index (κ1) is 19.6. The Balaban J connectivity index is 2.68. The summed E-state index contributed by atoms with van der Waals surface area (Å²) in [5.41, 5.74) is -0.188. The molecule has 6 heteroatoms. The summed E-state index contributed by atoms with van der Waals surface area (Å²) >= 11 is 3.17. The third-order valence-corrected chi connectivity index (χ3v) is 3.49. The third kappa shape index (κ3) is 6.69. The lowest BCUT2D eigenvalue weighted by atomic mass is 10.1. The van der Waals surface area contributed by atoms with Gasteiger partial charge in [-0.05, 0) is 30.0 Å². The molecule has 0 bridgehead atoms. The highest BCUT2D eigenvalue weighted by atomic mass is 79.9. The van der Waals surface area contributed by atoms with E-state index in [4.69, 9.17) is 4.74 Å². The van der Waals surface area contributed by atoms with Gasteiger partial charge in [-0.15, -0.1) is 0 Å². The normalized spacial score (nSPS) is 11.0. The minimum Gasteiger partial charge on any atom is -0.452 e. The van der Waals surface area contributed by atoms with Crippen LogP contribution >= 0.6 is 15.9 Å². The second kappa shape index (κ2) is 9.01. The molecule has 1 rings (SSSR count). The van der Waals surface area contributed by atoms with Gasteiger partial charge in [0, 0.05) is 17.6 Å². The third-order valence-electron chi connectivity index (χ3n) is 3.00. The number of hydrogen-bond donors (Lipinski definition) is 0. The number of amides is 1. The van der Waals surface area contributed by atoms with E-state index in [0.29, 0.717) is 29.4 Å². The summed E-state index contributed by atoms with van der Waals surface area (Å²) in [6, 6.07) is 4.00. The molecule has 0 fully saturated rings. The number of rotatable bonds is 7. The topological polar surface area (TPSA) is 46.6 Å².